The molecule has 1 aromatic rings. The summed E-state index contributed by atoms with van der Waals surface area (Å²) >= 11 is 11.9. The van der Waals surface area contributed by atoms with Gasteiger partial charge in [-0.25, -0.2) is 0 Å². The van der Waals surface area contributed by atoms with Crippen LogP contribution < -0.4 is 10.6 Å². The zero-order valence-corrected chi connectivity index (χ0v) is 11.0. The van der Waals surface area contributed by atoms with E-state index in [-0.39, 0.29) is 17.9 Å². The normalized spacial score (nSPS) is 17.4. The molecule has 2 N–H and O–H groups in total. The van der Waals surface area contributed by atoms with E-state index in [1.807, 2.05) is 13.0 Å². The van der Waals surface area contributed by atoms with Crippen LogP contribution in [0.2, 0.25) is 10.0 Å². The zero-order valence-electron chi connectivity index (χ0n) is 9.47. The molecule has 0 bridgehead atoms. The van der Waals surface area contributed by atoms with Crippen molar-refractivity contribution in [3.05, 3.63) is 33.8 Å². The highest BCUT2D eigenvalue weighted by molar-refractivity contribution is 6.35. The number of benzene rings is 1. The summed E-state index contributed by atoms with van der Waals surface area (Å²) in [6, 6.07) is 5.20. The van der Waals surface area contributed by atoms with Gasteiger partial charge in [0.25, 0.3) is 0 Å². The van der Waals surface area contributed by atoms with Crippen LogP contribution in [0, 0.1) is 5.92 Å². The first kappa shape index (κ1) is 12.7. The summed E-state index contributed by atoms with van der Waals surface area (Å²) in [5.41, 5.74) is 0.886. The Morgan fingerprint density at radius 3 is 2.71 bits per heavy atom. The second-order valence-electron chi connectivity index (χ2n) is 4.25. The number of halogens is 2. The lowest BCUT2D eigenvalue weighted by atomic mass is 10.0. The van der Waals surface area contributed by atoms with Crippen molar-refractivity contribution in [2.45, 2.75) is 13.0 Å². The Morgan fingerprint density at radius 1 is 1.47 bits per heavy atom. The van der Waals surface area contributed by atoms with E-state index in [0.29, 0.717) is 10.0 Å². The number of nitrogens with one attached hydrogen (secondary N) is 2. The van der Waals surface area contributed by atoms with Crippen molar-refractivity contribution in [2.24, 2.45) is 5.92 Å². The Kier molecular flexibility index (Phi) is 3.92. The van der Waals surface area contributed by atoms with E-state index in [2.05, 4.69) is 10.6 Å². The maximum Gasteiger partial charge on any atom is 0.226 e. The van der Waals surface area contributed by atoms with E-state index in [1.54, 1.807) is 12.1 Å². The van der Waals surface area contributed by atoms with E-state index in [0.717, 1.165) is 18.7 Å². The van der Waals surface area contributed by atoms with E-state index < -0.39 is 0 Å². The maximum atomic E-state index is 11.8. The van der Waals surface area contributed by atoms with Crippen molar-refractivity contribution in [1.29, 1.82) is 0 Å². The molecule has 5 heteroatoms. The summed E-state index contributed by atoms with van der Waals surface area (Å²) in [7, 11) is 0. The molecule has 1 fully saturated rings. The minimum Gasteiger partial charge on any atom is -0.349 e. The standard InChI is InChI=1S/C12H14Cl2N2O/c1-7(16-12(17)8-5-15-6-8)10-3-2-9(13)4-11(10)14/h2-4,7-8,15H,5-6H2,1H3,(H,16,17). The van der Waals surface area contributed by atoms with Gasteiger partial charge >= 0.3 is 0 Å². The molecular formula is C12H14Cl2N2O. The minimum atomic E-state index is -0.104. The Balaban J connectivity index is 2.03. The summed E-state index contributed by atoms with van der Waals surface area (Å²) in [6.45, 7) is 3.43. The van der Waals surface area contributed by atoms with Gasteiger partial charge in [0.05, 0.1) is 12.0 Å². The van der Waals surface area contributed by atoms with Gasteiger partial charge in [0.15, 0.2) is 0 Å². The Hall–Kier alpha value is -0.770. The molecule has 0 radical (unpaired) electrons. The fourth-order valence-electron chi connectivity index (χ4n) is 1.74. The van der Waals surface area contributed by atoms with Crippen LogP contribution in [0.25, 0.3) is 0 Å². The van der Waals surface area contributed by atoms with E-state index in [4.69, 9.17) is 23.2 Å². The highest BCUT2D eigenvalue weighted by Crippen LogP contribution is 2.26. The molecule has 2 rings (SSSR count). The molecule has 1 aliphatic rings. The van der Waals surface area contributed by atoms with Crippen LogP contribution >= 0.6 is 23.2 Å². The first-order chi connectivity index (χ1) is 8.08. The topological polar surface area (TPSA) is 41.1 Å². The van der Waals surface area contributed by atoms with Crippen molar-refractivity contribution >= 4 is 29.1 Å². The lowest BCUT2D eigenvalue weighted by Gasteiger charge is -2.27. The molecule has 1 aliphatic heterocycles. The lowest BCUT2D eigenvalue weighted by Crippen LogP contribution is -2.51. The predicted octanol–water partition coefficient (Wildman–Crippen LogP) is 2.39. The SMILES string of the molecule is CC(NC(=O)C1CNC1)c1ccc(Cl)cc1Cl. The minimum absolute atomic E-state index is 0.0715. The Morgan fingerprint density at radius 2 is 2.18 bits per heavy atom. The van der Waals surface area contributed by atoms with Gasteiger partial charge < -0.3 is 10.6 Å². The van der Waals surface area contributed by atoms with Crippen LogP contribution in [-0.2, 0) is 4.79 Å². The van der Waals surface area contributed by atoms with E-state index in [9.17, 15) is 4.79 Å². The van der Waals surface area contributed by atoms with Gasteiger partial charge in [-0.2, -0.15) is 0 Å². The van der Waals surface area contributed by atoms with Gasteiger partial charge in [-0.05, 0) is 24.6 Å². The molecule has 0 spiro atoms. The second kappa shape index (κ2) is 5.25. The third kappa shape index (κ3) is 2.92. The highest BCUT2D eigenvalue weighted by atomic mass is 35.5. The second-order valence-corrected chi connectivity index (χ2v) is 5.09. The number of carbonyl (C=O) groups is 1. The fraction of sp³-hybridized carbons (Fsp3) is 0.417. The zero-order chi connectivity index (χ0) is 12.4. The van der Waals surface area contributed by atoms with Crippen LogP contribution in [0.15, 0.2) is 18.2 Å². The van der Waals surface area contributed by atoms with Crippen LogP contribution in [0.1, 0.15) is 18.5 Å². The first-order valence-electron chi connectivity index (χ1n) is 5.54. The van der Waals surface area contributed by atoms with E-state index in [1.165, 1.54) is 0 Å². The summed E-state index contributed by atoms with van der Waals surface area (Å²) in [5.74, 6) is 0.158. The number of hydrogen-bond donors (Lipinski definition) is 2. The van der Waals surface area contributed by atoms with Crippen LogP contribution in [0.5, 0.6) is 0 Å². The van der Waals surface area contributed by atoms with Gasteiger partial charge in [-0.3, -0.25) is 4.79 Å². The summed E-state index contributed by atoms with van der Waals surface area (Å²) in [5, 5.41) is 7.20. The van der Waals surface area contributed by atoms with Gasteiger partial charge in [-0.15, -0.1) is 0 Å². The third-order valence-electron chi connectivity index (χ3n) is 2.94. The van der Waals surface area contributed by atoms with Crippen LogP contribution in [0.3, 0.4) is 0 Å². The summed E-state index contributed by atoms with van der Waals surface area (Å²) in [6.07, 6.45) is 0. The molecule has 0 saturated carbocycles. The van der Waals surface area contributed by atoms with Crippen LogP contribution in [0.4, 0.5) is 0 Å². The summed E-state index contributed by atoms with van der Waals surface area (Å²) < 4.78 is 0. The molecule has 1 unspecified atom stereocenters. The molecule has 3 nitrogen and oxygen atoms in total. The molecule has 1 saturated heterocycles. The average molecular weight is 273 g/mol. The Bertz CT molecular complexity index is 433. The number of hydrogen-bond acceptors (Lipinski definition) is 2. The van der Waals surface area contributed by atoms with Crippen molar-refractivity contribution in [3.8, 4) is 0 Å². The van der Waals surface area contributed by atoms with E-state index >= 15 is 0 Å². The van der Waals surface area contributed by atoms with Crippen molar-refractivity contribution < 1.29 is 4.79 Å². The smallest absolute Gasteiger partial charge is 0.226 e. The number of carbonyl (C=O) groups excluding carboxylic acids is 1. The molecular weight excluding hydrogens is 259 g/mol. The van der Waals surface area contributed by atoms with Crippen molar-refractivity contribution in [3.63, 3.8) is 0 Å². The highest BCUT2D eigenvalue weighted by Gasteiger charge is 2.26. The maximum absolute atomic E-state index is 11.8. The molecule has 17 heavy (non-hydrogen) atoms. The Labute approximate surface area is 110 Å². The van der Waals surface area contributed by atoms with Crippen LogP contribution in [-0.4, -0.2) is 19.0 Å². The van der Waals surface area contributed by atoms with Crippen molar-refractivity contribution in [1.82, 2.24) is 10.6 Å². The number of rotatable bonds is 3. The largest absolute Gasteiger partial charge is 0.349 e. The molecule has 1 atom stereocenters. The quantitative estimate of drug-likeness (QED) is 0.887. The molecule has 1 amide bonds. The molecule has 1 aromatic carbocycles. The average Bonchev–Trinajstić information content (AvgIpc) is 2.13. The number of amides is 1. The van der Waals surface area contributed by atoms with Crippen molar-refractivity contribution in [2.75, 3.05) is 13.1 Å². The predicted molar refractivity (Wildman–Crippen MR) is 69.4 cm³/mol. The fourth-order valence-corrected chi connectivity index (χ4v) is 2.31. The first-order valence-corrected chi connectivity index (χ1v) is 6.29. The molecule has 0 aromatic heterocycles. The monoisotopic (exact) mass is 272 g/mol. The lowest BCUT2D eigenvalue weighted by molar-refractivity contribution is -0.127. The van der Waals surface area contributed by atoms with Gasteiger partial charge in [-0.1, -0.05) is 29.3 Å². The van der Waals surface area contributed by atoms with Gasteiger partial charge in [0.2, 0.25) is 5.91 Å². The molecule has 0 aliphatic carbocycles. The molecule has 92 valence electrons. The van der Waals surface area contributed by atoms with Gasteiger partial charge in [0, 0.05) is 23.1 Å². The van der Waals surface area contributed by atoms with Gasteiger partial charge in [0.1, 0.15) is 0 Å². The molecule has 1 heterocycles. The third-order valence-corrected chi connectivity index (χ3v) is 3.50. The summed E-state index contributed by atoms with van der Waals surface area (Å²) in [4.78, 5) is 11.8.